The molecular formula is C22H16N2O5S. The number of rotatable bonds is 5. The van der Waals surface area contributed by atoms with Crippen LogP contribution in [-0.4, -0.2) is 28.1 Å². The van der Waals surface area contributed by atoms with Crippen LogP contribution in [0, 0.1) is 10.1 Å². The van der Waals surface area contributed by atoms with Crippen molar-refractivity contribution in [2.24, 2.45) is 0 Å². The van der Waals surface area contributed by atoms with Crippen LogP contribution in [0.5, 0.6) is 5.75 Å². The van der Waals surface area contributed by atoms with Crippen molar-refractivity contribution in [1.82, 2.24) is 4.90 Å². The third-order valence-corrected chi connectivity index (χ3v) is 5.72. The topological polar surface area (TPSA) is 89.8 Å². The average molecular weight is 420 g/mol. The van der Waals surface area contributed by atoms with Gasteiger partial charge in [-0.05, 0) is 34.9 Å². The number of carbonyl (C=O) groups is 2. The summed E-state index contributed by atoms with van der Waals surface area (Å²) in [5.74, 6) is 0.246. The highest BCUT2D eigenvalue weighted by Gasteiger charge is 2.36. The number of nitro groups is 1. The molecule has 0 N–H and O–H groups in total. The number of methoxy groups -OCH3 is 1. The molecule has 1 aliphatic heterocycles. The first-order valence-electron chi connectivity index (χ1n) is 9.03. The number of thioether (sulfide) groups is 1. The molecule has 0 radical (unpaired) electrons. The molecule has 0 bridgehead atoms. The third-order valence-electron chi connectivity index (χ3n) is 4.81. The Morgan fingerprint density at radius 2 is 1.73 bits per heavy atom. The molecule has 1 fully saturated rings. The zero-order valence-electron chi connectivity index (χ0n) is 15.9. The Morgan fingerprint density at radius 3 is 2.47 bits per heavy atom. The maximum absolute atomic E-state index is 12.9. The van der Waals surface area contributed by atoms with Crippen molar-refractivity contribution in [2.45, 2.75) is 6.54 Å². The van der Waals surface area contributed by atoms with Crippen LogP contribution in [0.25, 0.3) is 16.8 Å². The fraction of sp³-hybridized carbons (Fsp3) is 0.0909. The predicted octanol–water partition coefficient (Wildman–Crippen LogP) is 4.99. The fourth-order valence-electron chi connectivity index (χ4n) is 3.37. The van der Waals surface area contributed by atoms with Crippen LogP contribution in [0.3, 0.4) is 0 Å². The van der Waals surface area contributed by atoms with Crippen molar-refractivity contribution < 1.29 is 19.2 Å². The van der Waals surface area contributed by atoms with Crippen LogP contribution >= 0.6 is 11.8 Å². The second kappa shape index (κ2) is 8.00. The summed E-state index contributed by atoms with van der Waals surface area (Å²) in [6.07, 6.45) is 1.67. The van der Waals surface area contributed by atoms with E-state index < -0.39 is 16.1 Å². The van der Waals surface area contributed by atoms with E-state index in [2.05, 4.69) is 0 Å². The van der Waals surface area contributed by atoms with Crippen molar-refractivity contribution >= 4 is 45.4 Å². The van der Waals surface area contributed by atoms with Gasteiger partial charge in [-0.15, -0.1) is 0 Å². The van der Waals surface area contributed by atoms with Gasteiger partial charge in [-0.1, -0.05) is 48.5 Å². The number of ether oxygens (including phenoxy) is 1. The summed E-state index contributed by atoms with van der Waals surface area (Å²) >= 11 is 0.826. The normalized spacial score (nSPS) is 15.2. The molecule has 4 rings (SSSR count). The SMILES string of the molecule is COc1ccc(/C=C2\SC(=O)N(Cc3ccccc3[N+](=O)[O-])C2=O)c2ccccc12. The quantitative estimate of drug-likeness (QED) is 0.328. The number of nitro benzene ring substituents is 1. The molecule has 0 spiro atoms. The molecule has 1 saturated heterocycles. The first-order chi connectivity index (χ1) is 14.5. The van der Waals surface area contributed by atoms with Crippen LogP contribution in [0.15, 0.2) is 65.6 Å². The Hall–Kier alpha value is -3.65. The summed E-state index contributed by atoms with van der Waals surface area (Å²) in [5, 5.41) is 12.6. The van der Waals surface area contributed by atoms with Gasteiger partial charge in [0, 0.05) is 17.0 Å². The second-order valence-electron chi connectivity index (χ2n) is 6.56. The molecule has 30 heavy (non-hydrogen) atoms. The smallest absolute Gasteiger partial charge is 0.293 e. The number of nitrogens with zero attached hydrogens (tertiary/aromatic N) is 2. The highest BCUT2D eigenvalue weighted by Crippen LogP contribution is 2.36. The molecule has 8 heteroatoms. The Bertz CT molecular complexity index is 1220. The van der Waals surface area contributed by atoms with Crippen molar-refractivity contribution in [3.05, 3.63) is 86.8 Å². The van der Waals surface area contributed by atoms with Crippen molar-refractivity contribution in [1.29, 1.82) is 0 Å². The van der Waals surface area contributed by atoms with E-state index in [4.69, 9.17) is 4.74 Å². The van der Waals surface area contributed by atoms with Crippen LogP contribution in [0.1, 0.15) is 11.1 Å². The van der Waals surface area contributed by atoms with Crippen LogP contribution in [0.2, 0.25) is 0 Å². The minimum Gasteiger partial charge on any atom is -0.496 e. The minimum absolute atomic E-state index is 0.123. The van der Waals surface area contributed by atoms with E-state index in [9.17, 15) is 19.7 Å². The van der Waals surface area contributed by atoms with Gasteiger partial charge >= 0.3 is 0 Å². The molecule has 3 aromatic rings. The van der Waals surface area contributed by atoms with Crippen LogP contribution in [0.4, 0.5) is 10.5 Å². The molecule has 7 nitrogen and oxygen atoms in total. The molecule has 0 saturated carbocycles. The molecule has 1 aliphatic rings. The van der Waals surface area contributed by atoms with Gasteiger partial charge in [0.1, 0.15) is 5.75 Å². The lowest BCUT2D eigenvalue weighted by molar-refractivity contribution is -0.385. The number of benzene rings is 3. The van der Waals surface area contributed by atoms with E-state index in [0.29, 0.717) is 11.3 Å². The van der Waals surface area contributed by atoms with Crippen molar-refractivity contribution in [3.8, 4) is 5.75 Å². The van der Waals surface area contributed by atoms with E-state index in [0.717, 1.165) is 33.0 Å². The average Bonchev–Trinajstić information content (AvgIpc) is 3.01. The number of hydrogen-bond donors (Lipinski definition) is 0. The molecule has 1 heterocycles. The lowest BCUT2D eigenvalue weighted by Crippen LogP contribution is -2.27. The van der Waals surface area contributed by atoms with Crippen LogP contribution < -0.4 is 4.74 Å². The Balaban J connectivity index is 1.68. The number of carbonyl (C=O) groups excluding carboxylic acids is 2. The Morgan fingerprint density at radius 1 is 1.03 bits per heavy atom. The number of amides is 2. The maximum atomic E-state index is 12.9. The lowest BCUT2D eigenvalue weighted by atomic mass is 10.0. The van der Waals surface area contributed by atoms with Gasteiger partial charge in [0.15, 0.2) is 0 Å². The fourth-order valence-corrected chi connectivity index (χ4v) is 4.20. The first kappa shape index (κ1) is 19.7. The van der Waals surface area contributed by atoms with E-state index in [-0.39, 0.29) is 17.1 Å². The summed E-state index contributed by atoms with van der Waals surface area (Å²) in [6, 6.07) is 17.4. The largest absolute Gasteiger partial charge is 0.496 e. The molecule has 0 aliphatic carbocycles. The van der Waals surface area contributed by atoms with Gasteiger partial charge in [-0.25, -0.2) is 0 Å². The van der Waals surface area contributed by atoms with Gasteiger partial charge in [0.05, 0.1) is 23.5 Å². The highest BCUT2D eigenvalue weighted by molar-refractivity contribution is 8.18. The Kier molecular flexibility index (Phi) is 5.24. The predicted molar refractivity (Wildman–Crippen MR) is 115 cm³/mol. The second-order valence-corrected chi connectivity index (χ2v) is 7.55. The molecule has 0 atom stereocenters. The van der Waals surface area contributed by atoms with Crippen molar-refractivity contribution in [2.75, 3.05) is 7.11 Å². The van der Waals surface area contributed by atoms with Crippen LogP contribution in [-0.2, 0) is 11.3 Å². The summed E-state index contributed by atoms with van der Waals surface area (Å²) in [7, 11) is 1.59. The molecule has 2 amide bonds. The number of imide groups is 1. The zero-order chi connectivity index (χ0) is 21.3. The monoisotopic (exact) mass is 420 g/mol. The van der Waals surface area contributed by atoms with Gasteiger partial charge in [-0.3, -0.25) is 24.6 Å². The van der Waals surface area contributed by atoms with E-state index in [1.54, 1.807) is 31.4 Å². The van der Waals surface area contributed by atoms with Gasteiger partial charge in [0.2, 0.25) is 0 Å². The lowest BCUT2D eigenvalue weighted by Gasteiger charge is -2.12. The molecule has 0 aromatic heterocycles. The highest BCUT2D eigenvalue weighted by atomic mass is 32.2. The summed E-state index contributed by atoms with van der Waals surface area (Å²) in [6.45, 7) is -0.150. The van der Waals surface area contributed by atoms with E-state index in [1.807, 2.05) is 36.4 Å². The number of para-hydroxylation sites is 1. The van der Waals surface area contributed by atoms with E-state index >= 15 is 0 Å². The number of hydrogen-bond acceptors (Lipinski definition) is 6. The van der Waals surface area contributed by atoms with Gasteiger partial charge < -0.3 is 4.74 Å². The first-order valence-corrected chi connectivity index (χ1v) is 9.84. The zero-order valence-corrected chi connectivity index (χ0v) is 16.7. The molecular weight excluding hydrogens is 404 g/mol. The van der Waals surface area contributed by atoms with Crippen molar-refractivity contribution in [3.63, 3.8) is 0 Å². The summed E-state index contributed by atoms with van der Waals surface area (Å²) in [5.41, 5.74) is 0.963. The minimum atomic E-state index is -0.520. The summed E-state index contributed by atoms with van der Waals surface area (Å²) < 4.78 is 5.39. The number of fused-ring (bicyclic) bond motifs is 1. The third kappa shape index (κ3) is 3.53. The summed E-state index contributed by atoms with van der Waals surface area (Å²) in [4.78, 5) is 37.4. The molecule has 0 unspecified atom stereocenters. The standard InChI is InChI=1S/C22H16N2O5S/c1-29-19-11-10-14(16-7-3-4-8-17(16)19)12-20-21(25)23(22(26)30-20)13-15-6-2-5-9-18(15)24(27)28/h2-12H,13H2,1H3/b20-12-. The van der Waals surface area contributed by atoms with Gasteiger partial charge in [0.25, 0.3) is 16.8 Å². The van der Waals surface area contributed by atoms with Gasteiger partial charge in [-0.2, -0.15) is 0 Å². The molecule has 3 aromatic carbocycles. The van der Waals surface area contributed by atoms with E-state index in [1.165, 1.54) is 6.07 Å². The molecule has 150 valence electrons. The Labute approximate surface area is 176 Å². The maximum Gasteiger partial charge on any atom is 0.293 e.